The lowest BCUT2D eigenvalue weighted by atomic mass is 10.0. The number of benzene rings is 2. The van der Waals surface area contributed by atoms with Crippen LogP contribution in [-0.2, 0) is 0 Å². The summed E-state index contributed by atoms with van der Waals surface area (Å²) in [5, 5.41) is 2.35. The Kier molecular flexibility index (Phi) is 3.16. The third kappa shape index (κ3) is 2.18. The summed E-state index contributed by atoms with van der Waals surface area (Å²) >= 11 is 3.47. The van der Waals surface area contributed by atoms with Crippen LogP contribution in [0.25, 0.3) is 33.1 Å². The fraction of sp³-hybridized carbons (Fsp3) is 0.0526. The monoisotopic (exact) mass is 348 g/mol. The summed E-state index contributed by atoms with van der Waals surface area (Å²) in [6.45, 7) is 2.14. The van der Waals surface area contributed by atoms with Crippen LogP contribution >= 0.6 is 15.9 Å². The Bertz CT molecular complexity index is 991. The number of rotatable bonds is 1. The first-order chi connectivity index (χ1) is 10.7. The van der Waals surface area contributed by atoms with Gasteiger partial charge in [0.1, 0.15) is 0 Å². The van der Waals surface area contributed by atoms with Crippen LogP contribution in [-0.4, -0.2) is 9.97 Å². The minimum atomic E-state index is 1.00. The molecule has 0 spiro atoms. The Morgan fingerprint density at radius 1 is 0.909 bits per heavy atom. The predicted molar refractivity (Wildman–Crippen MR) is 94.9 cm³/mol. The van der Waals surface area contributed by atoms with Crippen LogP contribution < -0.4 is 0 Å². The molecule has 3 heteroatoms. The van der Waals surface area contributed by atoms with E-state index in [1.54, 1.807) is 0 Å². The second-order valence-corrected chi connectivity index (χ2v) is 6.28. The van der Waals surface area contributed by atoms with Crippen molar-refractivity contribution in [3.63, 3.8) is 0 Å². The number of aromatic nitrogens is 2. The molecule has 0 saturated carbocycles. The van der Waals surface area contributed by atoms with Gasteiger partial charge in [0.2, 0.25) is 0 Å². The van der Waals surface area contributed by atoms with Gasteiger partial charge in [-0.25, -0.2) is 4.98 Å². The summed E-state index contributed by atoms with van der Waals surface area (Å²) in [6, 6.07) is 18.6. The van der Waals surface area contributed by atoms with Gasteiger partial charge in [-0.3, -0.25) is 4.98 Å². The van der Waals surface area contributed by atoms with Crippen molar-refractivity contribution in [1.29, 1.82) is 0 Å². The standard InChI is InChI=1S/C19H13BrN2/c1-12-11-18(13-4-6-14(20)7-5-13)22-17-9-8-16-15(19(12)17)3-2-10-21-16/h2-11H,1H3. The second-order valence-electron chi connectivity index (χ2n) is 5.36. The molecule has 0 aliphatic heterocycles. The molecule has 2 heterocycles. The quantitative estimate of drug-likeness (QED) is 0.423. The first kappa shape index (κ1) is 13.4. The van der Waals surface area contributed by atoms with Crippen molar-refractivity contribution in [2.45, 2.75) is 6.92 Å². The first-order valence-corrected chi connectivity index (χ1v) is 7.93. The van der Waals surface area contributed by atoms with Crippen LogP contribution in [0.1, 0.15) is 5.56 Å². The summed E-state index contributed by atoms with van der Waals surface area (Å²) < 4.78 is 1.07. The lowest BCUT2D eigenvalue weighted by Crippen LogP contribution is -1.90. The molecule has 0 saturated heterocycles. The fourth-order valence-electron chi connectivity index (χ4n) is 2.86. The van der Waals surface area contributed by atoms with Crippen molar-refractivity contribution < 1.29 is 0 Å². The van der Waals surface area contributed by atoms with Crippen LogP contribution in [0, 0.1) is 6.92 Å². The number of hydrogen-bond donors (Lipinski definition) is 0. The SMILES string of the molecule is Cc1cc(-c2ccc(Br)cc2)nc2ccc3ncccc3c12. The summed E-state index contributed by atoms with van der Waals surface area (Å²) in [6.07, 6.45) is 1.83. The number of fused-ring (bicyclic) bond motifs is 3. The normalized spacial score (nSPS) is 11.2. The molecule has 2 aromatic carbocycles. The Balaban J connectivity index is 2.01. The summed E-state index contributed by atoms with van der Waals surface area (Å²) in [7, 11) is 0. The van der Waals surface area contributed by atoms with E-state index in [2.05, 4.69) is 58.2 Å². The highest BCUT2D eigenvalue weighted by Gasteiger charge is 2.08. The molecule has 0 aliphatic rings. The number of halogens is 1. The van der Waals surface area contributed by atoms with Crippen LogP contribution in [0.4, 0.5) is 0 Å². The minimum Gasteiger partial charge on any atom is -0.256 e. The number of nitrogens with zero attached hydrogens (tertiary/aromatic N) is 2. The molecule has 22 heavy (non-hydrogen) atoms. The van der Waals surface area contributed by atoms with E-state index in [9.17, 15) is 0 Å². The van der Waals surface area contributed by atoms with Gasteiger partial charge in [0, 0.05) is 27.0 Å². The zero-order valence-corrected chi connectivity index (χ0v) is 13.6. The van der Waals surface area contributed by atoms with Gasteiger partial charge in [-0.15, -0.1) is 0 Å². The molecule has 0 unspecified atom stereocenters. The Hall–Kier alpha value is -2.26. The Morgan fingerprint density at radius 3 is 2.50 bits per heavy atom. The molecule has 0 aliphatic carbocycles. The molecule has 4 aromatic rings. The van der Waals surface area contributed by atoms with E-state index in [4.69, 9.17) is 4.98 Å². The highest BCUT2D eigenvalue weighted by Crippen LogP contribution is 2.29. The van der Waals surface area contributed by atoms with E-state index in [1.165, 1.54) is 10.9 Å². The number of hydrogen-bond acceptors (Lipinski definition) is 2. The van der Waals surface area contributed by atoms with E-state index < -0.39 is 0 Å². The van der Waals surface area contributed by atoms with Gasteiger partial charge >= 0.3 is 0 Å². The highest BCUT2D eigenvalue weighted by molar-refractivity contribution is 9.10. The summed E-state index contributed by atoms with van der Waals surface area (Å²) in [4.78, 5) is 9.27. The lowest BCUT2D eigenvalue weighted by molar-refractivity contribution is 1.36. The number of pyridine rings is 2. The van der Waals surface area contributed by atoms with Gasteiger partial charge < -0.3 is 0 Å². The molecular weight excluding hydrogens is 336 g/mol. The van der Waals surface area contributed by atoms with Crippen molar-refractivity contribution in [3.05, 3.63) is 70.8 Å². The smallest absolute Gasteiger partial charge is 0.0719 e. The maximum Gasteiger partial charge on any atom is 0.0719 e. The summed E-state index contributed by atoms with van der Waals surface area (Å²) in [5.41, 5.74) is 5.37. The zero-order chi connectivity index (χ0) is 15.1. The van der Waals surface area contributed by atoms with E-state index in [-0.39, 0.29) is 0 Å². The molecule has 2 aromatic heterocycles. The van der Waals surface area contributed by atoms with Crippen molar-refractivity contribution in [2.75, 3.05) is 0 Å². The lowest BCUT2D eigenvalue weighted by Gasteiger charge is -2.09. The van der Waals surface area contributed by atoms with E-state index >= 15 is 0 Å². The molecule has 106 valence electrons. The Labute approximate surface area is 137 Å². The number of aryl methyl sites for hydroxylation is 1. The van der Waals surface area contributed by atoms with Crippen molar-refractivity contribution in [1.82, 2.24) is 9.97 Å². The van der Waals surface area contributed by atoms with E-state index in [0.29, 0.717) is 0 Å². The van der Waals surface area contributed by atoms with Gasteiger partial charge in [-0.1, -0.05) is 34.1 Å². The van der Waals surface area contributed by atoms with Gasteiger partial charge in [-0.05, 0) is 48.9 Å². The Morgan fingerprint density at radius 2 is 1.68 bits per heavy atom. The van der Waals surface area contributed by atoms with E-state index in [1.807, 2.05) is 30.5 Å². The highest BCUT2D eigenvalue weighted by atomic mass is 79.9. The molecule has 0 atom stereocenters. The minimum absolute atomic E-state index is 1.00. The maximum absolute atomic E-state index is 4.84. The van der Waals surface area contributed by atoms with Crippen LogP contribution in [0.15, 0.2) is 65.3 Å². The fourth-order valence-corrected chi connectivity index (χ4v) is 3.12. The largest absolute Gasteiger partial charge is 0.256 e. The molecule has 0 bridgehead atoms. The zero-order valence-electron chi connectivity index (χ0n) is 12.0. The molecular formula is C19H13BrN2. The molecule has 0 fully saturated rings. The topological polar surface area (TPSA) is 25.8 Å². The molecule has 0 radical (unpaired) electrons. The van der Waals surface area contributed by atoms with Crippen LogP contribution in [0.2, 0.25) is 0 Å². The second kappa shape index (κ2) is 5.18. The van der Waals surface area contributed by atoms with E-state index in [0.717, 1.165) is 32.1 Å². The summed E-state index contributed by atoms with van der Waals surface area (Å²) in [5.74, 6) is 0. The molecule has 4 rings (SSSR count). The molecule has 0 amide bonds. The van der Waals surface area contributed by atoms with Gasteiger partial charge in [-0.2, -0.15) is 0 Å². The van der Waals surface area contributed by atoms with Crippen molar-refractivity contribution in [3.8, 4) is 11.3 Å². The van der Waals surface area contributed by atoms with Gasteiger partial charge in [0.15, 0.2) is 0 Å². The van der Waals surface area contributed by atoms with Gasteiger partial charge in [0.05, 0.1) is 16.7 Å². The van der Waals surface area contributed by atoms with Crippen molar-refractivity contribution in [2.24, 2.45) is 0 Å². The van der Waals surface area contributed by atoms with Crippen LogP contribution in [0.5, 0.6) is 0 Å². The third-order valence-electron chi connectivity index (χ3n) is 3.89. The third-order valence-corrected chi connectivity index (χ3v) is 4.42. The predicted octanol–water partition coefficient (Wildman–Crippen LogP) is 5.52. The average molecular weight is 349 g/mol. The van der Waals surface area contributed by atoms with Crippen LogP contribution in [0.3, 0.4) is 0 Å². The molecule has 2 nitrogen and oxygen atoms in total. The van der Waals surface area contributed by atoms with Crippen molar-refractivity contribution >= 4 is 37.7 Å². The molecule has 0 N–H and O–H groups in total. The average Bonchev–Trinajstić information content (AvgIpc) is 2.55. The first-order valence-electron chi connectivity index (χ1n) is 7.13. The van der Waals surface area contributed by atoms with Gasteiger partial charge in [0.25, 0.3) is 0 Å². The maximum atomic E-state index is 4.84.